The number of carbonyl (C=O) groups is 1. The van der Waals surface area contributed by atoms with Crippen molar-refractivity contribution in [3.05, 3.63) is 48.1 Å². The van der Waals surface area contributed by atoms with Gasteiger partial charge in [0.1, 0.15) is 17.5 Å². The summed E-state index contributed by atoms with van der Waals surface area (Å²) in [6.45, 7) is 3.37. The first-order valence-corrected chi connectivity index (χ1v) is 9.02. The molecular formula is C19H21N5O3. The normalized spacial score (nSPS) is 16.7. The van der Waals surface area contributed by atoms with Crippen molar-refractivity contribution in [1.29, 1.82) is 0 Å². The van der Waals surface area contributed by atoms with Crippen molar-refractivity contribution in [2.24, 2.45) is 0 Å². The minimum Gasteiger partial charge on any atom is -0.497 e. The Hall–Kier alpha value is -3.16. The largest absolute Gasteiger partial charge is 0.497 e. The average Bonchev–Trinajstić information content (AvgIpc) is 3.47. The van der Waals surface area contributed by atoms with Crippen LogP contribution in [0.3, 0.4) is 0 Å². The molecule has 3 heterocycles. The third-order valence-electron chi connectivity index (χ3n) is 4.77. The number of amides is 1. The Balaban J connectivity index is 1.55. The highest BCUT2D eigenvalue weighted by atomic mass is 16.5. The predicted octanol–water partition coefficient (Wildman–Crippen LogP) is 2.94. The molecule has 1 saturated heterocycles. The van der Waals surface area contributed by atoms with Gasteiger partial charge in [0, 0.05) is 24.8 Å². The number of hydrogen-bond donors (Lipinski definition) is 0. The number of benzene rings is 1. The summed E-state index contributed by atoms with van der Waals surface area (Å²) in [4.78, 5) is 19.2. The summed E-state index contributed by atoms with van der Waals surface area (Å²) >= 11 is 0. The number of aryl methyl sites for hydroxylation is 1. The van der Waals surface area contributed by atoms with E-state index in [2.05, 4.69) is 15.2 Å². The lowest BCUT2D eigenvalue weighted by Gasteiger charge is -2.20. The van der Waals surface area contributed by atoms with E-state index < -0.39 is 0 Å². The molecule has 1 amide bonds. The number of methoxy groups -OCH3 is 1. The lowest BCUT2D eigenvalue weighted by Crippen LogP contribution is -2.31. The topological polar surface area (TPSA) is 86.3 Å². The van der Waals surface area contributed by atoms with Crippen LogP contribution < -0.4 is 4.74 Å². The van der Waals surface area contributed by atoms with Crippen molar-refractivity contribution < 1.29 is 14.1 Å². The fraction of sp³-hybridized carbons (Fsp3) is 0.368. The molecule has 0 radical (unpaired) electrons. The fourth-order valence-electron chi connectivity index (χ4n) is 3.29. The third kappa shape index (κ3) is 3.30. The second-order valence-electron chi connectivity index (χ2n) is 6.40. The molecular weight excluding hydrogens is 346 g/mol. The van der Waals surface area contributed by atoms with E-state index in [-0.39, 0.29) is 11.9 Å². The summed E-state index contributed by atoms with van der Waals surface area (Å²) in [7, 11) is 1.62. The number of hydrogen-bond acceptors (Lipinski definition) is 6. The zero-order valence-electron chi connectivity index (χ0n) is 15.3. The molecule has 4 rings (SSSR count). The van der Waals surface area contributed by atoms with Crippen molar-refractivity contribution in [2.75, 3.05) is 13.7 Å². The van der Waals surface area contributed by atoms with E-state index in [1.54, 1.807) is 22.8 Å². The highest BCUT2D eigenvalue weighted by Gasteiger charge is 2.35. The van der Waals surface area contributed by atoms with Gasteiger partial charge in [0.2, 0.25) is 11.7 Å². The van der Waals surface area contributed by atoms with Crippen LogP contribution in [0.1, 0.15) is 42.2 Å². The summed E-state index contributed by atoms with van der Waals surface area (Å²) in [6.07, 6.45) is 3.50. The third-order valence-corrected chi connectivity index (χ3v) is 4.77. The fourth-order valence-corrected chi connectivity index (χ4v) is 3.29. The summed E-state index contributed by atoms with van der Waals surface area (Å²) in [5.41, 5.74) is 1.28. The minimum atomic E-state index is -0.219. The Morgan fingerprint density at radius 2 is 2.11 bits per heavy atom. The first-order chi connectivity index (χ1) is 13.2. The van der Waals surface area contributed by atoms with Crippen LogP contribution in [0.4, 0.5) is 0 Å². The van der Waals surface area contributed by atoms with Gasteiger partial charge >= 0.3 is 0 Å². The van der Waals surface area contributed by atoms with Gasteiger partial charge in [-0.05, 0) is 50.1 Å². The van der Waals surface area contributed by atoms with Crippen LogP contribution in [0.25, 0.3) is 11.4 Å². The van der Waals surface area contributed by atoms with E-state index in [0.717, 1.165) is 30.7 Å². The van der Waals surface area contributed by atoms with Crippen LogP contribution in [-0.4, -0.2) is 44.4 Å². The zero-order valence-corrected chi connectivity index (χ0v) is 15.3. The molecule has 1 aliphatic heterocycles. The van der Waals surface area contributed by atoms with Crippen molar-refractivity contribution in [3.63, 3.8) is 0 Å². The van der Waals surface area contributed by atoms with Crippen LogP contribution in [0.5, 0.6) is 5.75 Å². The molecule has 0 unspecified atom stereocenters. The van der Waals surface area contributed by atoms with Crippen LogP contribution in [-0.2, 0) is 6.54 Å². The minimum absolute atomic E-state index is 0.103. The van der Waals surface area contributed by atoms with Gasteiger partial charge in [-0.25, -0.2) is 0 Å². The molecule has 1 atom stereocenters. The van der Waals surface area contributed by atoms with Crippen LogP contribution in [0.2, 0.25) is 0 Å². The molecule has 8 nitrogen and oxygen atoms in total. The van der Waals surface area contributed by atoms with Gasteiger partial charge in [0.05, 0.1) is 7.11 Å². The summed E-state index contributed by atoms with van der Waals surface area (Å²) in [6, 6.07) is 8.98. The van der Waals surface area contributed by atoms with Crippen LogP contribution in [0, 0.1) is 0 Å². The summed E-state index contributed by atoms with van der Waals surface area (Å²) < 4.78 is 12.4. The number of aromatic nitrogens is 4. The molecule has 0 aliphatic carbocycles. The molecule has 0 bridgehead atoms. The smallest absolute Gasteiger partial charge is 0.275 e. The van der Waals surface area contributed by atoms with Crippen molar-refractivity contribution >= 4 is 5.91 Å². The Kier molecular flexibility index (Phi) is 4.62. The molecule has 0 spiro atoms. The van der Waals surface area contributed by atoms with E-state index in [9.17, 15) is 4.79 Å². The molecule has 3 aromatic rings. The Morgan fingerprint density at radius 3 is 2.81 bits per heavy atom. The van der Waals surface area contributed by atoms with Crippen molar-refractivity contribution in [2.45, 2.75) is 32.4 Å². The molecule has 2 aromatic heterocycles. The molecule has 8 heteroatoms. The second kappa shape index (κ2) is 7.22. The highest BCUT2D eigenvalue weighted by Crippen LogP contribution is 2.33. The second-order valence-corrected chi connectivity index (χ2v) is 6.40. The van der Waals surface area contributed by atoms with E-state index in [0.29, 0.717) is 24.0 Å². The van der Waals surface area contributed by atoms with Crippen LogP contribution in [0.15, 0.2) is 41.1 Å². The maximum absolute atomic E-state index is 12.9. The number of nitrogens with zero attached hydrogens (tertiary/aromatic N) is 5. The van der Waals surface area contributed by atoms with Gasteiger partial charge in [0.25, 0.3) is 5.91 Å². The SMILES string of the molecule is CCn1ccc(C(=O)N2CCC[C@@H]2c2nc(-c3ccc(OC)cc3)no2)n1. The first-order valence-electron chi connectivity index (χ1n) is 9.02. The zero-order chi connectivity index (χ0) is 18.8. The Labute approximate surface area is 156 Å². The van der Waals surface area contributed by atoms with E-state index in [1.807, 2.05) is 37.4 Å². The molecule has 1 fully saturated rings. The van der Waals surface area contributed by atoms with E-state index in [4.69, 9.17) is 9.26 Å². The molecule has 27 heavy (non-hydrogen) atoms. The predicted molar refractivity (Wildman–Crippen MR) is 97.2 cm³/mol. The summed E-state index contributed by atoms with van der Waals surface area (Å²) in [5, 5.41) is 8.40. The number of likely N-dealkylation sites (tertiary alicyclic amines) is 1. The average molecular weight is 367 g/mol. The van der Waals surface area contributed by atoms with Gasteiger partial charge in [-0.15, -0.1) is 0 Å². The van der Waals surface area contributed by atoms with E-state index in [1.165, 1.54) is 0 Å². The van der Waals surface area contributed by atoms with Crippen molar-refractivity contribution in [1.82, 2.24) is 24.8 Å². The highest BCUT2D eigenvalue weighted by molar-refractivity contribution is 5.92. The molecule has 1 aliphatic rings. The maximum Gasteiger partial charge on any atom is 0.275 e. The number of ether oxygens (including phenoxy) is 1. The summed E-state index contributed by atoms with van der Waals surface area (Å²) in [5.74, 6) is 1.62. The molecule has 0 saturated carbocycles. The van der Waals surface area contributed by atoms with Gasteiger partial charge in [-0.3, -0.25) is 9.48 Å². The lowest BCUT2D eigenvalue weighted by atomic mass is 10.2. The van der Waals surface area contributed by atoms with E-state index >= 15 is 0 Å². The van der Waals surface area contributed by atoms with Gasteiger partial charge in [-0.2, -0.15) is 10.1 Å². The number of carbonyl (C=O) groups excluding carboxylic acids is 1. The van der Waals surface area contributed by atoms with Crippen LogP contribution >= 0.6 is 0 Å². The van der Waals surface area contributed by atoms with Gasteiger partial charge in [-0.1, -0.05) is 5.16 Å². The molecule has 1 aromatic carbocycles. The molecule has 140 valence electrons. The quantitative estimate of drug-likeness (QED) is 0.689. The monoisotopic (exact) mass is 367 g/mol. The van der Waals surface area contributed by atoms with Gasteiger partial charge < -0.3 is 14.2 Å². The number of rotatable bonds is 5. The van der Waals surface area contributed by atoms with Crippen molar-refractivity contribution in [3.8, 4) is 17.1 Å². The maximum atomic E-state index is 12.9. The first kappa shape index (κ1) is 17.3. The lowest BCUT2D eigenvalue weighted by molar-refractivity contribution is 0.0703. The standard InChI is InChI=1S/C19H21N5O3/c1-3-23-12-10-15(21-23)19(25)24-11-4-5-16(24)18-20-17(22-27-18)13-6-8-14(26-2)9-7-13/h6-10,12,16H,3-5,11H2,1-2H3/t16-/m1/s1. The van der Waals surface area contributed by atoms with Gasteiger partial charge in [0.15, 0.2) is 0 Å². The Bertz CT molecular complexity index is 931. The Morgan fingerprint density at radius 1 is 1.30 bits per heavy atom. The molecule has 0 N–H and O–H groups in total.